The lowest BCUT2D eigenvalue weighted by molar-refractivity contribution is -0.113. The van der Waals surface area contributed by atoms with Crippen LogP contribution in [0.1, 0.15) is 18.3 Å². The zero-order valence-electron chi connectivity index (χ0n) is 17.0. The molecule has 30 heavy (non-hydrogen) atoms. The molecular weight excluding hydrogens is 424 g/mol. The van der Waals surface area contributed by atoms with Gasteiger partial charge in [-0.05, 0) is 42.8 Å². The van der Waals surface area contributed by atoms with Crippen LogP contribution in [0.2, 0.25) is 5.02 Å². The molecule has 0 aliphatic rings. The molecule has 3 rings (SSSR count). The van der Waals surface area contributed by atoms with Gasteiger partial charge in [-0.3, -0.25) is 4.79 Å². The van der Waals surface area contributed by atoms with Gasteiger partial charge in [-0.15, -0.1) is 10.2 Å². The summed E-state index contributed by atoms with van der Waals surface area (Å²) in [6.07, 6.45) is 0.594. The lowest BCUT2D eigenvalue weighted by atomic mass is 10.1. The normalized spacial score (nSPS) is 10.7. The zero-order valence-corrected chi connectivity index (χ0v) is 18.6. The Morgan fingerprint density at radius 2 is 1.93 bits per heavy atom. The minimum atomic E-state index is -0.130. The van der Waals surface area contributed by atoms with Crippen LogP contribution in [0.4, 0.5) is 5.69 Å². The van der Waals surface area contributed by atoms with Gasteiger partial charge in [-0.1, -0.05) is 35.5 Å². The third-order valence-corrected chi connectivity index (χ3v) is 5.56. The maximum Gasteiger partial charge on any atom is 0.234 e. The van der Waals surface area contributed by atoms with Gasteiger partial charge in [0.1, 0.15) is 5.82 Å². The van der Waals surface area contributed by atoms with E-state index in [1.165, 1.54) is 11.8 Å². The summed E-state index contributed by atoms with van der Waals surface area (Å²) in [6.45, 7) is 2.73. The van der Waals surface area contributed by atoms with Crippen LogP contribution in [-0.4, -0.2) is 40.6 Å². The lowest BCUT2D eigenvalue weighted by Gasteiger charge is -2.10. The smallest absolute Gasteiger partial charge is 0.234 e. The minimum Gasteiger partial charge on any atom is -0.493 e. The quantitative estimate of drug-likeness (QED) is 0.494. The Morgan fingerprint density at radius 1 is 1.13 bits per heavy atom. The molecule has 9 heteroatoms. The largest absolute Gasteiger partial charge is 0.493 e. The van der Waals surface area contributed by atoms with Crippen LogP contribution >= 0.6 is 23.4 Å². The van der Waals surface area contributed by atoms with Gasteiger partial charge in [0.2, 0.25) is 5.91 Å². The molecular formula is C21H23ClN4O3S. The third kappa shape index (κ3) is 5.46. The Bertz CT molecular complexity index is 1030. The molecule has 7 nitrogen and oxygen atoms in total. The van der Waals surface area contributed by atoms with Gasteiger partial charge < -0.3 is 19.4 Å². The molecule has 0 unspecified atom stereocenters. The second-order valence-electron chi connectivity index (χ2n) is 6.36. The van der Waals surface area contributed by atoms with Crippen molar-refractivity contribution in [1.82, 2.24) is 14.8 Å². The van der Waals surface area contributed by atoms with E-state index in [0.29, 0.717) is 40.3 Å². The van der Waals surface area contributed by atoms with Gasteiger partial charge in [0.15, 0.2) is 16.7 Å². The Labute approximate surface area is 184 Å². The molecule has 158 valence electrons. The van der Waals surface area contributed by atoms with E-state index in [4.69, 9.17) is 21.1 Å². The molecule has 0 aliphatic carbocycles. The van der Waals surface area contributed by atoms with Gasteiger partial charge in [-0.25, -0.2) is 0 Å². The topological polar surface area (TPSA) is 78.3 Å². The first-order valence-electron chi connectivity index (χ1n) is 9.35. The SMILES string of the molecule is CCn1c(Cc2ccc(OC)c(OC)c2)nnc1SCC(=O)Nc1cccc(Cl)c1. The molecule has 0 aliphatic heterocycles. The van der Waals surface area contributed by atoms with Gasteiger partial charge >= 0.3 is 0 Å². The molecule has 0 saturated carbocycles. The summed E-state index contributed by atoms with van der Waals surface area (Å²) < 4.78 is 12.7. The number of aromatic nitrogens is 3. The van der Waals surface area contributed by atoms with Crippen LogP contribution in [0, 0.1) is 0 Å². The predicted octanol–water partition coefficient (Wildman–Crippen LogP) is 4.29. The maximum atomic E-state index is 12.3. The van der Waals surface area contributed by atoms with Crippen LogP contribution in [0.25, 0.3) is 0 Å². The average Bonchev–Trinajstić information content (AvgIpc) is 3.13. The van der Waals surface area contributed by atoms with E-state index in [0.717, 1.165) is 11.4 Å². The number of halogens is 1. The van der Waals surface area contributed by atoms with Crippen molar-refractivity contribution in [1.29, 1.82) is 0 Å². The molecule has 1 N–H and O–H groups in total. The zero-order chi connectivity index (χ0) is 21.5. The second kappa shape index (κ2) is 10.4. The number of nitrogens with one attached hydrogen (secondary N) is 1. The van der Waals surface area contributed by atoms with Gasteiger partial charge in [0.25, 0.3) is 0 Å². The van der Waals surface area contributed by atoms with E-state index in [1.54, 1.807) is 38.5 Å². The van der Waals surface area contributed by atoms with E-state index in [-0.39, 0.29) is 11.7 Å². The number of carbonyl (C=O) groups is 1. The number of rotatable bonds is 9. The number of hydrogen-bond acceptors (Lipinski definition) is 6. The van der Waals surface area contributed by atoms with Crippen molar-refractivity contribution in [2.75, 3.05) is 25.3 Å². The minimum absolute atomic E-state index is 0.130. The summed E-state index contributed by atoms with van der Waals surface area (Å²) in [5.74, 6) is 2.27. The van der Waals surface area contributed by atoms with Gasteiger partial charge in [0, 0.05) is 23.7 Å². The Hall–Kier alpha value is -2.71. The Balaban J connectivity index is 1.66. The maximum absolute atomic E-state index is 12.3. The summed E-state index contributed by atoms with van der Waals surface area (Å²) in [6, 6.07) is 12.8. The van der Waals surface area contributed by atoms with Gasteiger partial charge in [0.05, 0.1) is 20.0 Å². The molecule has 0 spiro atoms. The van der Waals surface area contributed by atoms with Crippen LogP contribution < -0.4 is 14.8 Å². The lowest BCUT2D eigenvalue weighted by Crippen LogP contribution is -2.14. The number of hydrogen-bond donors (Lipinski definition) is 1. The predicted molar refractivity (Wildman–Crippen MR) is 119 cm³/mol. The van der Waals surface area contributed by atoms with E-state index >= 15 is 0 Å². The highest BCUT2D eigenvalue weighted by atomic mass is 35.5. The van der Waals surface area contributed by atoms with Crippen molar-refractivity contribution in [2.24, 2.45) is 0 Å². The first-order valence-corrected chi connectivity index (χ1v) is 10.7. The Morgan fingerprint density at radius 3 is 2.63 bits per heavy atom. The molecule has 1 aromatic heterocycles. The summed E-state index contributed by atoms with van der Waals surface area (Å²) in [5.41, 5.74) is 1.70. The van der Waals surface area contributed by atoms with Crippen molar-refractivity contribution in [3.8, 4) is 11.5 Å². The highest BCUT2D eigenvalue weighted by molar-refractivity contribution is 7.99. The number of nitrogens with zero attached hydrogens (tertiary/aromatic N) is 3. The molecule has 1 heterocycles. The van der Waals surface area contributed by atoms with Crippen LogP contribution in [-0.2, 0) is 17.8 Å². The molecule has 0 fully saturated rings. The third-order valence-electron chi connectivity index (χ3n) is 4.36. The molecule has 2 aromatic carbocycles. The summed E-state index contributed by atoms with van der Waals surface area (Å²) >= 11 is 7.30. The monoisotopic (exact) mass is 446 g/mol. The number of anilines is 1. The van der Waals surface area contributed by atoms with Crippen LogP contribution in [0.5, 0.6) is 11.5 Å². The van der Waals surface area contributed by atoms with E-state index in [2.05, 4.69) is 15.5 Å². The van der Waals surface area contributed by atoms with Gasteiger partial charge in [-0.2, -0.15) is 0 Å². The fourth-order valence-electron chi connectivity index (χ4n) is 2.94. The second-order valence-corrected chi connectivity index (χ2v) is 7.74. The number of ether oxygens (including phenoxy) is 2. The molecule has 1 amide bonds. The molecule has 0 radical (unpaired) electrons. The van der Waals surface area contributed by atoms with Crippen molar-refractivity contribution >= 4 is 35.0 Å². The Kier molecular flexibility index (Phi) is 7.59. The van der Waals surface area contributed by atoms with E-state index < -0.39 is 0 Å². The van der Waals surface area contributed by atoms with Crippen molar-refractivity contribution in [2.45, 2.75) is 25.0 Å². The van der Waals surface area contributed by atoms with Crippen LogP contribution in [0.3, 0.4) is 0 Å². The summed E-state index contributed by atoms with van der Waals surface area (Å²) in [4.78, 5) is 12.3. The summed E-state index contributed by atoms with van der Waals surface area (Å²) in [5, 5.41) is 12.7. The molecule has 3 aromatic rings. The van der Waals surface area contributed by atoms with Crippen molar-refractivity contribution in [3.05, 3.63) is 58.9 Å². The summed E-state index contributed by atoms with van der Waals surface area (Å²) in [7, 11) is 3.22. The van der Waals surface area contributed by atoms with Crippen molar-refractivity contribution in [3.63, 3.8) is 0 Å². The average molecular weight is 447 g/mol. The highest BCUT2D eigenvalue weighted by Gasteiger charge is 2.15. The number of thioether (sulfide) groups is 1. The van der Waals surface area contributed by atoms with E-state index in [1.807, 2.05) is 29.7 Å². The molecule has 0 saturated heterocycles. The first-order chi connectivity index (χ1) is 14.5. The number of carbonyl (C=O) groups excluding carboxylic acids is 1. The number of benzene rings is 2. The number of amides is 1. The fourth-order valence-corrected chi connectivity index (χ4v) is 3.95. The highest BCUT2D eigenvalue weighted by Crippen LogP contribution is 2.29. The molecule has 0 atom stereocenters. The first kappa shape index (κ1) is 22.0. The van der Waals surface area contributed by atoms with Crippen LogP contribution in [0.15, 0.2) is 47.6 Å². The fraction of sp³-hybridized carbons (Fsp3) is 0.286. The molecule has 0 bridgehead atoms. The number of methoxy groups -OCH3 is 2. The van der Waals surface area contributed by atoms with E-state index in [9.17, 15) is 4.79 Å². The standard InChI is InChI=1S/C21H23ClN4O3S/c1-4-26-19(11-14-8-9-17(28-2)18(10-14)29-3)24-25-21(26)30-13-20(27)23-16-7-5-6-15(22)12-16/h5-10,12H,4,11,13H2,1-3H3,(H,23,27). The van der Waals surface area contributed by atoms with Crippen molar-refractivity contribution < 1.29 is 14.3 Å².